The van der Waals surface area contributed by atoms with Crippen LogP contribution in [0.3, 0.4) is 0 Å². The van der Waals surface area contributed by atoms with E-state index >= 15 is 0 Å². The molecule has 106 valence electrons. The van der Waals surface area contributed by atoms with Crippen LogP contribution >= 0.6 is 0 Å². The molecule has 0 N–H and O–H groups in total. The highest BCUT2D eigenvalue weighted by Crippen LogP contribution is 2.11. The lowest BCUT2D eigenvalue weighted by Gasteiger charge is -2.16. The summed E-state index contributed by atoms with van der Waals surface area (Å²) < 4.78 is 11.0. The Morgan fingerprint density at radius 3 is 2.17 bits per heavy atom. The standard InChI is InChI=1S/C16H30O2/c1-4-7-8-9-10-11-12-13-14-15-16(17-5-2)18-6-3/h4,7-8,16H,1,5-6,9-15H2,2-3H3/b8-7+. The molecule has 0 radical (unpaired) electrons. The molecule has 0 saturated carbocycles. The van der Waals surface area contributed by atoms with Gasteiger partial charge in [0, 0.05) is 13.2 Å². The van der Waals surface area contributed by atoms with Crippen LogP contribution in [0.2, 0.25) is 0 Å². The Morgan fingerprint density at radius 1 is 0.944 bits per heavy atom. The first-order valence-electron chi connectivity index (χ1n) is 7.35. The van der Waals surface area contributed by atoms with Gasteiger partial charge in [-0.1, -0.05) is 44.1 Å². The molecule has 0 spiro atoms. The average Bonchev–Trinajstić information content (AvgIpc) is 2.37. The summed E-state index contributed by atoms with van der Waals surface area (Å²) in [5, 5.41) is 0. The summed E-state index contributed by atoms with van der Waals surface area (Å²) in [6, 6.07) is 0. The monoisotopic (exact) mass is 254 g/mol. The van der Waals surface area contributed by atoms with Crippen LogP contribution in [0, 0.1) is 0 Å². The van der Waals surface area contributed by atoms with E-state index in [0.29, 0.717) is 0 Å². The molecule has 0 amide bonds. The smallest absolute Gasteiger partial charge is 0.157 e. The van der Waals surface area contributed by atoms with Crippen LogP contribution in [-0.2, 0) is 9.47 Å². The first-order valence-corrected chi connectivity index (χ1v) is 7.35. The van der Waals surface area contributed by atoms with Gasteiger partial charge in [0.2, 0.25) is 0 Å². The van der Waals surface area contributed by atoms with Crippen molar-refractivity contribution in [2.45, 2.75) is 65.1 Å². The van der Waals surface area contributed by atoms with Crippen LogP contribution in [-0.4, -0.2) is 19.5 Å². The molecule has 0 aromatic rings. The van der Waals surface area contributed by atoms with E-state index in [4.69, 9.17) is 9.47 Å². The Balaban J connectivity index is 3.31. The predicted molar refractivity (Wildman–Crippen MR) is 78.7 cm³/mol. The van der Waals surface area contributed by atoms with Crippen molar-refractivity contribution < 1.29 is 9.47 Å². The Hall–Kier alpha value is -0.600. The maximum absolute atomic E-state index is 5.51. The predicted octanol–water partition coefficient (Wildman–Crippen LogP) is 4.86. The van der Waals surface area contributed by atoms with Gasteiger partial charge < -0.3 is 9.47 Å². The van der Waals surface area contributed by atoms with Gasteiger partial charge in [-0.25, -0.2) is 0 Å². The second kappa shape index (κ2) is 14.5. The molecule has 2 nitrogen and oxygen atoms in total. The van der Waals surface area contributed by atoms with E-state index in [0.717, 1.165) is 19.6 Å². The van der Waals surface area contributed by atoms with Crippen LogP contribution < -0.4 is 0 Å². The Morgan fingerprint density at radius 2 is 1.56 bits per heavy atom. The molecule has 0 saturated heterocycles. The van der Waals surface area contributed by atoms with Crippen LogP contribution in [0.5, 0.6) is 0 Å². The van der Waals surface area contributed by atoms with Crippen LogP contribution in [0.1, 0.15) is 58.8 Å². The second-order valence-corrected chi connectivity index (χ2v) is 4.35. The first-order chi connectivity index (χ1) is 8.85. The fourth-order valence-corrected chi connectivity index (χ4v) is 1.88. The number of rotatable bonds is 13. The maximum atomic E-state index is 5.51. The number of hydrogen-bond acceptors (Lipinski definition) is 2. The second-order valence-electron chi connectivity index (χ2n) is 4.35. The fraction of sp³-hybridized carbons (Fsp3) is 0.750. The number of allylic oxidation sites excluding steroid dienone is 3. The third-order valence-electron chi connectivity index (χ3n) is 2.79. The molecule has 0 aliphatic rings. The lowest BCUT2D eigenvalue weighted by molar-refractivity contribution is -0.140. The van der Waals surface area contributed by atoms with Crippen molar-refractivity contribution in [2.75, 3.05) is 13.2 Å². The van der Waals surface area contributed by atoms with Crippen molar-refractivity contribution in [3.63, 3.8) is 0 Å². The molecule has 0 rings (SSSR count). The third-order valence-corrected chi connectivity index (χ3v) is 2.79. The van der Waals surface area contributed by atoms with Gasteiger partial charge >= 0.3 is 0 Å². The summed E-state index contributed by atoms with van der Waals surface area (Å²) in [7, 11) is 0. The van der Waals surface area contributed by atoms with Gasteiger partial charge in [0.1, 0.15) is 0 Å². The highest BCUT2D eigenvalue weighted by Gasteiger charge is 2.06. The summed E-state index contributed by atoms with van der Waals surface area (Å²) in [5.41, 5.74) is 0. The van der Waals surface area contributed by atoms with Crippen LogP contribution in [0.4, 0.5) is 0 Å². The highest BCUT2D eigenvalue weighted by atomic mass is 16.7. The van der Waals surface area contributed by atoms with Crippen molar-refractivity contribution >= 4 is 0 Å². The van der Waals surface area contributed by atoms with Crippen LogP contribution in [0.15, 0.2) is 24.8 Å². The molecular formula is C16H30O2. The van der Waals surface area contributed by atoms with Crippen LogP contribution in [0.25, 0.3) is 0 Å². The Labute approximate surface area is 113 Å². The van der Waals surface area contributed by atoms with Crippen molar-refractivity contribution in [1.29, 1.82) is 0 Å². The minimum atomic E-state index is 0.00975. The minimum Gasteiger partial charge on any atom is -0.353 e. The van der Waals surface area contributed by atoms with Gasteiger partial charge in [-0.05, 0) is 39.5 Å². The van der Waals surface area contributed by atoms with E-state index in [1.165, 1.54) is 38.5 Å². The molecule has 0 unspecified atom stereocenters. The van der Waals surface area contributed by atoms with Crippen molar-refractivity contribution in [2.24, 2.45) is 0 Å². The van der Waals surface area contributed by atoms with Gasteiger partial charge in [-0.15, -0.1) is 0 Å². The molecule has 0 heterocycles. The fourth-order valence-electron chi connectivity index (χ4n) is 1.88. The largest absolute Gasteiger partial charge is 0.353 e. The number of unbranched alkanes of at least 4 members (excludes halogenated alkanes) is 5. The zero-order valence-corrected chi connectivity index (χ0v) is 12.2. The maximum Gasteiger partial charge on any atom is 0.157 e. The molecule has 0 fully saturated rings. The summed E-state index contributed by atoms with van der Waals surface area (Å²) in [6.07, 6.45) is 14.6. The van der Waals surface area contributed by atoms with E-state index in [2.05, 4.69) is 12.7 Å². The van der Waals surface area contributed by atoms with Crippen molar-refractivity contribution in [3.05, 3.63) is 24.8 Å². The lowest BCUT2D eigenvalue weighted by atomic mass is 10.1. The third kappa shape index (κ3) is 11.9. The number of hydrogen-bond donors (Lipinski definition) is 0. The minimum absolute atomic E-state index is 0.00975. The topological polar surface area (TPSA) is 18.5 Å². The summed E-state index contributed by atoms with van der Waals surface area (Å²) in [4.78, 5) is 0. The van der Waals surface area contributed by atoms with Gasteiger partial charge in [-0.2, -0.15) is 0 Å². The first kappa shape index (κ1) is 17.4. The molecular weight excluding hydrogens is 224 g/mol. The average molecular weight is 254 g/mol. The number of ether oxygens (including phenoxy) is 2. The molecule has 0 atom stereocenters. The van der Waals surface area contributed by atoms with Crippen molar-refractivity contribution in [3.8, 4) is 0 Å². The zero-order valence-electron chi connectivity index (χ0n) is 12.2. The molecule has 0 aromatic heterocycles. The molecule has 0 aliphatic carbocycles. The summed E-state index contributed by atoms with van der Waals surface area (Å²) in [6.45, 7) is 9.16. The van der Waals surface area contributed by atoms with Gasteiger partial charge in [0.25, 0.3) is 0 Å². The van der Waals surface area contributed by atoms with E-state index in [1.54, 1.807) is 0 Å². The quantitative estimate of drug-likeness (QED) is 0.265. The molecule has 18 heavy (non-hydrogen) atoms. The zero-order chi connectivity index (χ0) is 13.5. The molecule has 0 aromatic carbocycles. The Kier molecular flexibility index (Phi) is 14.0. The van der Waals surface area contributed by atoms with Gasteiger partial charge in [0.15, 0.2) is 6.29 Å². The lowest BCUT2D eigenvalue weighted by Crippen LogP contribution is -2.17. The summed E-state index contributed by atoms with van der Waals surface area (Å²) >= 11 is 0. The molecule has 0 bridgehead atoms. The molecule has 0 aliphatic heterocycles. The summed E-state index contributed by atoms with van der Waals surface area (Å²) in [5.74, 6) is 0. The van der Waals surface area contributed by atoms with E-state index in [1.807, 2.05) is 26.0 Å². The van der Waals surface area contributed by atoms with E-state index < -0.39 is 0 Å². The van der Waals surface area contributed by atoms with Crippen molar-refractivity contribution in [1.82, 2.24) is 0 Å². The molecule has 2 heteroatoms. The highest BCUT2D eigenvalue weighted by molar-refractivity contribution is 4.96. The van der Waals surface area contributed by atoms with E-state index in [-0.39, 0.29) is 6.29 Å². The van der Waals surface area contributed by atoms with Gasteiger partial charge in [0.05, 0.1) is 0 Å². The SMILES string of the molecule is C=C/C=C/CCCCCCCC(OCC)OCC. The van der Waals surface area contributed by atoms with Gasteiger partial charge in [-0.3, -0.25) is 0 Å². The Bertz CT molecular complexity index is 193. The van der Waals surface area contributed by atoms with E-state index in [9.17, 15) is 0 Å². The normalized spacial score (nSPS) is 11.5.